The Morgan fingerprint density at radius 1 is 1.19 bits per heavy atom. The topological polar surface area (TPSA) is 43.7 Å². The van der Waals surface area contributed by atoms with Gasteiger partial charge in [-0.05, 0) is 36.0 Å². The molecule has 1 rings (SSSR count). The summed E-state index contributed by atoms with van der Waals surface area (Å²) in [4.78, 5) is 2.20. The zero-order valence-electron chi connectivity index (χ0n) is 17.1. The van der Waals surface area contributed by atoms with Crippen molar-refractivity contribution < 1.29 is 10.2 Å². The van der Waals surface area contributed by atoms with Crippen LogP contribution in [0, 0.1) is 5.92 Å². The van der Waals surface area contributed by atoms with Crippen LogP contribution in [0.25, 0.3) is 6.08 Å². The molecular formula is C24H35NO2. The van der Waals surface area contributed by atoms with Gasteiger partial charge in [-0.1, -0.05) is 81.7 Å². The fraction of sp³-hybridized carbons (Fsp3) is 0.417. The second-order valence-electron chi connectivity index (χ2n) is 7.05. The van der Waals surface area contributed by atoms with Gasteiger partial charge in [0.05, 0.1) is 18.8 Å². The highest BCUT2D eigenvalue weighted by molar-refractivity contribution is 5.47. The summed E-state index contributed by atoms with van der Waals surface area (Å²) in [6.45, 7) is 15.0. The SMILES string of the molecule is C=CC(/C=C\C(C)CN(Cc1ccc(C=C)cc1)C(CC)(CO)CO)=C/C. The van der Waals surface area contributed by atoms with Gasteiger partial charge < -0.3 is 10.2 Å². The van der Waals surface area contributed by atoms with E-state index in [2.05, 4.69) is 49.3 Å². The first-order valence-electron chi connectivity index (χ1n) is 9.63. The highest BCUT2D eigenvalue weighted by atomic mass is 16.3. The van der Waals surface area contributed by atoms with E-state index < -0.39 is 5.54 Å². The minimum Gasteiger partial charge on any atom is -0.394 e. The van der Waals surface area contributed by atoms with Crippen LogP contribution in [-0.2, 0) is 6.54 Å². The highest BCUT2D eigenvalue weighted by Gasteiger charge is 2.34. The van der Waals surface area contributed by atoms with Crippen molar-refractivity contribution in [2.24, 2.45) is 5.92 Å². The molecule has 0 amide bonds. The van der Waals surface area contributed by atoms with E-state index in [4.69, 9.17) is 0 Å². The molecule has 1 aromatic rings. The molecule has 1 unspecified atom stereocenters. The van der Waals surface area contributed by atoms with Crippen LogP contribution >= 0.6 is 0 Å². The minimum absolute atomic E-state index is 0.0755. The molecule has 0 aromatic heterocycles. The van der Waals surface area contributed by atoms with Gasteiger partial charge in [-0.3, -0.25) is 4.90 Å². The Balaban J connectivity index is 3.06. The summed E-state index contributed by atoms with van der Waals surface area (Å²) in [6.07, 6.45) is 10.6. The highest BCUT2D eigenvalue weighted by Crippen LogP contribution is 2.24. The molecule has 0 aliphatic rings. The third-order valence-electron chi connectivity index (χ3n) is 5.20. The maximum Gasteiger partial charge on any atom is 0.0673 e. The zero-order valence-corrected chi connectivity index (χ0v) is 17.1. The maximum absolute atomic E-state index is 10.1. The number of hydrogen-bond donors (Lipinski definition) is 2. The Hall–Kier alpha value is -1.94. The monoisotopic (exact) mass is 369 g/mol. The minimum atomic E-state index is -0.638. The van der Waals surface area contributed by atoms with E-state index in [0.29, 0.717) is 13.0 Å². The van der Waals surface area contributed by atoms with Crippen molar-refractivity contribution in [3.63, 3.8) is 0 Å². The molecule has 1 aromatic carbocycles. The summed E-state index contributed by atoms with van der Waals surface area (Å²) in [5.41, 5.74) is 2.67. The number of aliphatic hydroxyl groups excluding tert-OH is 2. The first kappa shape index (κ1) is 23.1. The third kappa shape index (κ3) is 6.62. The van der Waals surface area contributed by atoms with Gasteiger partial charge in [-0.2, -0.15) is 0 Å². The number of rotatable bonds is 12. The Morgan fingerprint density at radius 2 is 1.81 bits per heavy atom. The predicted molar refractivity (Wildman–Crippen MR) is 116 cm³/mol. The normalized spacial score (nSPS) is 13.9. The van der Waals surface area contributed by atoms with E-state index in [1.54, 1.807) is 0 Å². The molecule has 0 bridgehead atoms. The van der Waals surface area contributed by atoms with Crippen LogP contribution in [0.1, 0.15) is 38.3 Å². The molecule has 0 aliphatic heterocycles. The molecule has 3 heteroatoms. The summed E-state index contributed by atoms with van der Waals surface area (Å²) < 4.78 is 0. The van der Waals surface area contributed by atoms with Crippen molar-refractivity contribution >= 4 is 6.08 Å². The van der Waals surface area contributed by atoms with Crippen LogP contribution in [0.3, 0.4) is 0 Å². The number of allylic oxidation sites excluding steroid dienone is 4. The van der Waals surface area contributed by atoms with E-state index in [-0.39, 0.29) is 19.1 Å². The molecule has 0 saturated carbocycles. The van der Waals surface area contributed by atoms with Gasteiger partial charge in [0.15, 0.2) is 0 Å². The molecule has 1 atom stereocenters. The largest absolute Gasteiger partial charge is 0.394 e. The lowest BCUT2D eigenvalue weighted by molar-refractivity contribution is -0.0258. The molecule has 27 heavy (non-hydrogen) atoms. The number of aliphatic hydroxyl groups is 2. The Labute approximate surface area is 165 Å². The molecule has 2 N–H and O–H groups in total. The van der Waals surface area contributed by atoms with E-state index >= 15 is 0 Å². The van der Waals surface area contributed by atoms with Crippen LogP contribution < -0.4 is 0 Å². The van der Waals surface area contributed by atoms with Crippen LogP contribution in [0.2, 0.25) is 0 Å². The van der Waals surface area contributed by atoms with Gasteiger partial charge in [0.25, 0.3) is 0 Å². The molecule has 0 radical (unpaired) electrons. The van der Waals surface area contributed by atoms with Crippen LogP contribution in [-0.4, -0.2) is 40.4 Å². The van der Waals surface area contributed by atoms with Gasteiger partial charge in [0, 0.05) is 13.1 Å². The molecule has 0 heterocycles. The lowest BCUT2D eigenvalue weighted by Gasteiger charge is -2.42. The summed E-state index contributed by atoms with van der Waals surface area (Å²) >= 11 is 0. The average Bonchev–Trinajstić information content (AvgIpc) is 2.71. The molecule has 0 saturated heterocycles. The lowest BCUT2D eigenvalue weighted by atomic mass is 9.93. The molecule has 0 spiro atoms. The summed E-state index contributed by atoms with van der Waals surface area (Å²) in [5, 5.41) is 20.1. The Morgan fingerprint density at radius 3 is 2.26 bits per heavy atom. The van der Waals surface area contributed by atoms with Crippen molar-refractivity contribution in [3.05, 3.63) is 78.4 Å². The number of hydrogen-bond acceptors (Lipinski definition) is 3. The van der Waals surface area contributed by atoms with Gasteiger partial charge in [0.1, 0.15) is 0 Å². The van der Waals surface area contributed by atoms with Gasteiger partial charge >= 0.3 is 0 Å². The molecule has 0 aliphatic carbocycles. The molecule has 148 valence electrons. The Bertz CT molecular complexity index is 631. The second-order valence-corrected chi connectivity index (χ2v) is 7.05. The maximum atomic E-state index is 10.1. The molecule has 0 fully saturated rings. The standard InChI is InChI=1S/C24H35NO2/c1-6-21(7-2)11-10-20(5)16-25(24(9-4,18-26)19-27)17-23-14-12-22(8-3)13-15-23/h6-8,10-15,20,26-27H,1,3,9,16-19H2,2,4-5H3/b11-10-,21-7-. The van der Waals surface area contributed by atoms with Gasteiger partial charge in [0.2, 0.25) is 0 Å². The van der Waals surface area contributed by atoms with Crippen molar-refractivity contribution in [2.75, 3.05) is 19.8 Å². The van der Waals surface area contributed by atoms with Crippen molar-refractivity contribution in [1.82, 2.24) is 4.90 Å². The van der Waals surface area contributed by atoms with Crippen molar-refractivity contribution in [1.29, 1.82) is 0 Å². The predicted octanol–water partition coefficient (Wildman–Crippen LogP) is 4.59. The van der Waals surface area contributed by atoms with E-state index in [1.807, 2.05) is 44.2 Å². The summed E-state index contributed by atoms with van der Waals surface area (Å²) in [6, 6.07) is 8.24. The van der Waals surface area contributed by atoms with Crippen LogP contribution in [0.4, 0.5) is 0 Å². The average molecular weight is 370 g/mol. The van der Waals surface area contributed by atoms with Gasteiger partial charge in [-0.25, -0.2) is 0 Å². The summed E-state index contributed by atoms with van der Waals surface area (Å²) in [5.74, 6) is 0.261. The first-order chi connectivity index (χ1) is 13.0. The van der Waals surface area contributed by atoms with Crippen LogP contribution in [0.5, 0.6) is 0 Å². The summed E-state index contributed by atoms with van der Waals surface area (Å²) in [7, 11) is 0. The van der Waals surface area contributed by atoms with E-state index in [9.17, 15) is 10.2 Å². The van der Waals surface area contributed by atoms with Gasteiger partial charge in [-0.15, -0.1) is 0 Å². The van der Waals surface area contributed by atoms with Crippen molar-refractivity contribution in [3.8, 4) is 0 Å². The van der Waals surface area contributed by atoms with Crippen molar-refractivity contribution in [2.45, 2.75) is 39.3 Å². The number of benzene rings is 1. The Kier molecular flexibility index (Phi) is 10.0. The smallest absolute Gasteiger partial charge is 0.0673 e. The molecular weight excluding hydrogens is 334 g/mol. The fourth-order valence-corrected chi connectivity index (χ4v) is 3.07. The van der Waals surface area contributed by atoms with E-state index in [1.165, 1.54) is 0 Å². The second kappa shape index (κ2) is 11.7. The van der Waals surface area contributed by atoms with Crippen LogP contribution in [0.15, 0.2) is 67.3 Å². The molecule has 3 nitrogen and oxygen atoms in total. The third-order valence-corrected chi connectivity index (χ3v) is 5.20. The lowest BCUT2D eigenvalue weighted by Crippen LogP contribution is -2.54. The quantitative estimate of drug-likeness (QED) is 0.530. The van der Waals surface area contributed by atoms with E-state index in [0.717, 1.165) is 23.2 Å². The number of nitrogens with zero attached hydrogens (tertiary/aromatic N) is 1. The first-order valence-corrected chi connectivity index (χ1v) is 9.63. The zero-order chi connectivity index (χ0) is 20.3. The fourth-order valence-electron chi connectivity index (χ4n) is 3.07.